The van der Waals surface area contributed by atoms with Gasteiger partial charge in [-0.1, -0.05) is 12.1 Å². The molecule has 210 valence electrons. The van der Waals surface area contributed by atoms with E-state index < -0.39 is 11.7 Å². The summed E-state index contributed by atoms with van der Waals surface area (Å²) in [4.78, 5) is 20.6. The Morgan fingerprint density at radius 3 is 2.29 bits per heavy atom. The lowest BCUT2D eigenvalue weighted by Gasteiger charge is -2.52. The van der Waals surface area contributed by atoms with Crippen LogP contribution in [0.15, 0.2) is 24.3 Å². The average Bonchev–Trinajstić information content (AvgIpc) is 3.13. The van der Waals surface area contributed by atoms with Gasteiger partial charge in [0, 0.05) is 51.4 Å². The Hall–Kier alpha value is -2.63. The molecule has 1 aromatic heterocycles. The van der Waals surface area contributed by atoms with Gasteiger partial charge in [-0.3, -0.25) is 14.6 Å². The summed E-state index contributed by atoms with van der Waals surface area (Å²) >= 11 is 0. The number of aromatic nitrogens is 2. The Labute approximate surface area is 221 Å². The fourth-order valence-electron chi connectivity index (χ4n) is 5.96. The van der Waals surface area contributed by atoms with E-state index in [-0.39, 0.29) is 23.5 Å². The van der Waals surface area contributed by atoms with Gasteiger partial charge in [-0.25, -0.2) is 0 Å². The molecule has 1 N–H and O–H groups in total. The standard InChI is InChI=1S/C27H38F3N5O3/c1-18-16-33(14-15-34(18)23(17-38-5)21-6-8-22(9-7-21)27(28,29)30)26(4)10-12-32(13-11-26)25(36)24-19(2)31-35(37)20(24)3/h6-9,18,23,37H,10-17H2,1-5H3/t18-,23-/m0/s1. The van der Waals surface area contributed by atoms with Gasteiger partial charge in [-0.2, -0.15) is 13.2 Å². The smallest absolute Gasteiger partial charge is 0.411 e. The molecule has 2 aromatic rings. The van der Waals surface area contributed by atoms with Gasteiger partial charge in [0.2, 0.25) is 0 Å². The summed E-state index contributed by atoms with van der Waals surface area (Å²) in [6.45, 7) is 11.9. The SMILES string of the molecule is COC[C@@H](c1ccc(C(F)(F)F)cc1)N1CCN(C2(C)CCN(C(=O)c3c(C)nn(O)c3C)CC2)C[C@@H]1C. The first-order chi connectivity index (χ1) is 17.9. The van der Waals surface area contributed by atoms with Crippen molar-refractivity contribution in [1.29, 1.82) is 0 Å². The molecular weight excluding hydrogens is 499 g/mol. The highest BCUT2D eigenvalue weighted by Gasteiger charge is 2.41. The number of carbonyl (C=O) groups is 1. The number of ether oxygens (including phenoxy) is 1. The number of halogens is 3. The number of piperazine rings is 1. The van der Waals surface area contributed by atoms with Crippen LogP contribution in [0, 0.1) is 13.8 Å². The molecule has 0 aliphatic carbocycles. The first kappa shape index (κ1) is 28.4. The molecule has 2 aliphatic heterocycles. The summed E-state index contributed by atoms with van der Waals surface area (Å²) in [6.07, 6.45) is -2.70. The van der Waals surface area contributed by atoms with Crippen molar-refractivity contribution in [1.82, 2.24) is 24.6 Å². The summed E-state index contributed by atoms with van der Waals surface area (Å²) < 4.78 is 44.6. The van der Waals surface area contributed by atoms with Crippen LogP contribution >= 0.6 is 0 Å². The second-order valence-corrected chi connectivity index (χ2v) is 10.8. The second kappa shape index (κ2) is 10.9. The summed E-state index contributed by atoms with van der Waals surface area (Å²) in [5.41, 5.74) is 1.54. The molecule has 2 atom stereocenters. The highest BCUT2D eigenvalue weighted by atomic mass is 19.4. The maximum absolute atomic E-state index is 13.2. The molecule has 8 nitrogen and oxygen atoms in total. The summed E-state index contributed by atoms with van der Waals surface area (Å²) in [7, 11) is 1.61. The second-order valence-electron chi connectivity index (χ2n) is 10.8. The van der Waals surface area contributed by atoms with Crippen LogP contribution in [-0.2, 0) is 10.9 Å². The van der Waals surface area contributed by atoms with E-state index in [0.717, 1.165) is 55.0 Å². The number of alkyl halides is 3. The van der Waals surface area contributed by atoms with E-state index >= 15 is 0 Å². The molecule has 0 unspecified atom stereocenters. The molecule has 3 heterocycles. The minimum Gasteiger partial charge on any atom is -0.411 e. The van der Waals surface area contributed by atoms with Crippen LogP contribution in [0.1, 0.15) is 65.6 Å². The largest absolute Gasteiger partial charge is 0.416 e. The van der Waals surface area contributed by atoms with Gasteiger partial charge in [-0.15, -0.1) is 9.94 Å². The Kier molecular flexibility index (Phi) is 8.11. The third-order valence-corrected chi connectivity index (χ3v) is 8.40. The minimum absolute atomic E-state index is 0.0620. The van der Waals surface area contributed by atoms with Gasteiger partial charge >= 0.3 is 6.18 Å². The predicted octanol–water partition coefficient (Wildman–Crippen LogP) is 4.14. The normalized spacial score (nSPS) is 22.0. The van der Waals surface area contributed by atoms with Crippen LogP contribution in [0.25, 0.3) is 0 Å². The van der Waals surface area contributed by atoms with E-state index in [1.807, 2.05) is 4.90 Å². The van der Waals surface area contributed by atoms with Crippen molar-refractivity contribution < 1.29 is 27.9 Å². The van der Waals surface area contributed by atoms with E-state index in [4.69, 9.17) is 4.74 Å². The third kappa shape index (κ3) is 5.55. The quantitative estimate of drug-likeness (QED) is 0.559. The Morgan fingerprint density at radius 2 is 1.79 bits per heavy atom. The molecule has 2 saturated heterocycles. The highest BCUT2D eigenvalue weighted by Crippen LogP contribution is 2.35. The van der Waals surface area contributed by atoms with Gasteiger partial charge in [-0.05, 0) is 58.2 Å². The van der Waals surface area contributed by atoms with E-state index in [0.29, 0.717) is 36.6 Å². The fourth-order valence-corrected chi connectivity index (χ4v) is 5.96. The number of nitrogens with zero attached hydrogens (tertiary/aromatic N) is 5. The van der Waals surface area contributed by atoms with E-state index in [9.17, 15) is 23.2 Å². The molecule has 1 amide bonds. The predicted molar refractivity (Wildman–Crippen MR) is 136 cm³/mol. The highest BCUT2D eigenvalue weighted by molar-refractivity contribution is 5.96. The summed E-state index contributed by atoms with van der Waals surface area (Å²) in [5.74, 6) is -0.0977. The summed E-state index contributed by atoms with van der Waals surface area (Å²) in [5, 5.41) is 13.8. The topological polar surface area (TPSA) is 74.1 Å². The number of carbonyl (C=O) groups excluding carboxylic acids is 1. The van der Waals surface area contributed by atoms with Crippen LogP contribution in [0.5, 0.6) is 0 Å². The third-order valence-electron chi connectivity index (χ3n) is 8.40. The molecule has 4 rings (SSSR count). The lowest BCUT2D eigenvalue weighted by molar-refractivity contribution is -0.137. The van der Waals surface area contributed by atoms with E-state index in [2.05, 4.69) is 28.7 Å². The molecule has 0 saturated carbocycles. The van der Waals surface area contributed by atoms with Crippen molar-refractivity contribution in [3.63, 3.8) is 0 Å². The van der Waals surface area contributed by atoms with Gasteiger partial charge in [0.1, 0.15) is 0 Å². The number of methoxy groups -OCH3 is 1. The molecule has 2 fully saturated rings. The summed E-state index contributed by atoms with van der Waals surface area (Å²) in [6, 6.07) is 5.44. The first-order valence-electron chi connectivity index (χ1n) is 13.1. The molecule has 11 heteroatoms. The average molecular weight is 538 g/mol. The van der Waals surface area contributed by atoms with Crippen molar-refractivity contribution in [3.8, 4) is 0 Å². The van der Waals surface area contributed by atoms with Gasteiger partial charge < -0.3 is 14.8 Å². The number of aryl methyl sites for hydroxylation is 1. The number of benzene rings is 1. The Bertz CT molecular complexity index is 1130. The van der Waals surface area contributed by atoms with Crippen LogP contribution in [0.3, 0.4) is 0 Å². The minimum atomic E-state index is -4.36. The van der Waals surface area contributed by atoms with Gasteiger partial charge in [0.15, 0.2) is 0 Å². The van der Waals surface area contributed by atoms with Crippen molar-refractivity contribution >= 4 is 5.91 Å². The fraction of sp³-hybridized carbons (Fsp3) is 0.630. The Morgan fingerprint density at radius 1 is 1.16 bits per heavy atom. The molecule has 1 aromatic carbocycles. The lowest BCUT2D eigenvalue weighted by Crippen LogP contribution is -2.62. The van der Waals surface area contributed by atoms with Crippen LogP contribution in [0.4, 0.5) is 13.2 Å². The van der Waals surface area contributed by atoms with Gasteiger partial charge in [0.25, 0.3) is 5.91 Å². The number of hydrogen-bond acceptors (Lipinski definition) is 6. The molecular formula is C27H38F3N5O3. The van der Waals surface area contributed by atoms with Crippen LogP contribution in [-0.4, -0.2) is 93.8 Å². The maximum atomic E-state index is 13.2. The zero-order chi connectivity index (χ0) is 27.8. The zero-order valence-corrected chi connectivity index (χ0v) is 22.8. The number of piperidine rings is 1. The molecule has 0 bridgehead atoms. The molecule has 2 aliphatic rings. The monoisotopic (exact) mass is 537 g/mol. The molecule has 0 radical (unpaired) electrons. The number of amides is 1. The van der Waals surface area contributed by atoms with Crippen molar-refractivity contribution in [2.24, 2.45) is 0 Å². The van der Waals surface area contributed by atoms with E-state index in [1.165, 1.54) is 0 Å². The molecule has 38 heavy (non-hydrogen) atoms. The number of rotatable bonds is 6. The van der Waals surface area contributed by atoms with Crippen LogP contribution in [0.2, 0.25) is 0 Å². The lowest BCUT2D eigenvalue weighted by atomic mass is 9.86. The van der Waals surface area contributed by atoms with E-state index in [1.54, 1.807) is 33.1 Å². The van der Waals surface area contributed by atoms with Gasteiger partial charge in [0.05, 0.1) is 35.2 Å². The number of hydrogen-bond donors (Lipinski definition) is 1. The van der Waals surface area contributed by atoms with Crippen molar-refractivity contribution in [3.05, 3.63) is 52.3 Å². The van der Waals surface area contributed by atoms with Crippen molar-refractivity contribution in [2.75, 3.05) is 46.4 Å². The van der Waals surface area contributed by atoms with Crippen LogP contribution < -0.4 is 0 Å². The first-order valence-corrected chi connectivity index (χ1v) is 13.1. The van der Waals surface area contributed by atoms with Crippen molar-refractivity contribution in [2.45, 2.75) is 64.3 Å². The zero-order valence-electron chi connectivity index (χ0n) is 22.8. The Balaban J connectivity index is 1.40. The molecule has 0 spiro atoms. The number of likely N-dealkylation sites (tertiary alicyclic amines) is 1. The maximum Gasteiger partial charge on any atom is 0.416 e.